The predicted molar refractivity (Wildman–Crippen MR) is 155 cm³/mol. The Morgan fingerprint density at radius 1 is 1.00 bits per heavy atom. The van der Waals surface area contributed by atoms with Gasteiger partial charge in [-0.15, -0.1) is 0 Å². The Bertz CT molecular complexity index is 1740. The van der Waals surface area contributed by atoms with Crippen molar-refractivity contribution >= 4 is 35.3 Å². The zero-order chi connectivity index (χ0) is 31.1. The Morgan fingerprint density at radius 3 is 2.40 bits per heavy atom. The number of aromatic nitrogens is 1. The molecule has 2 aromatic carbocycles. The lowest BCUT2D eigenvalue weighted by molar-refractivity contribution is -0.143. The van der Waals surface area contributed by atoms with Crippen LogP contribution in [-0.4, -0.2) is 61.1 Å². The average Bonchev–Trinajstić information content (AvgIpc) is 3.29. The number of hydrogen-bond acceptors (Lipinski definition) is 11. The van der Waals surface area contributed by atoms with Gasteiger partial charge in [-0.25, -0.2) is 19.4 Å². The Labute approximate surface area is 250 Å². The first kappa shape index (κ1) is 31.0. The molecule has 1 aliphatic rings. The third-order valence-electron chi connectivity index (χ3n) is 6.21. The molecule has 0 saturated carbocycles. The molecule has 0 bridgehead atoms. The molecule has 3 aromatic rings. The molecule has 0 saturated heterocycles. The van der Waals surface area contributed by atoms with Crippen molar-refractivity contribution in [3.8, 4) is 17.2 Å². The van der Waals surface area contributed by atoms with Crippen molar-refractivity contribution in [1.29, 1.82) is 0 Å². The fourth-order valence-electron chi connectivity index (χ4n) is 4.34. The minimum atomic E-state index is -1.09. The summed E-state index contributed by atoms with van der Waals surface area (Å²) < 4.78 is 28.4. The SMILES string of the molecule is CCOC(=O)C1=C(C)N=c2s/c(=C\c3ccc(OCC(=O)O)cc3)c(=O)n2[C@H]1c1ccc(OCC(=O)OC)c(OCC)c1. The zero-order valence-electron chi connectivity index (χ0n) is 23.9. The van der Waals surface area contributed by atoms with Gasteiger partial charge in [0.2, 0.25) is 0 Å². The van der Waals surface area contributed by atoms with Crippen LogP contribution >= 0.6 is 11.3 Å². The van der Waals surface area contributed by atoms with E-state index in [2.05, 4.69) is 9.73 Å². The van der Waals surface area contributed by atoms with Crippen molar-refractivity contribution in [2.45, 2.75) is 26.8 Å². The maximum Gasteiger partial charge on any atom is 0.343 e. The van der Waals surface area contributed by atoms with E-state index in [0.717, 1.165) is 11.3 Å². The standard InChI is InChI=1S/C30H30N2O10S/c1-5-39-22-14-19(9-12-21(22)42-16-25(35)38-4)27-26(29(37)40-6-2)17(3)31-30-32(27)28(36)23(43-30)13-18-7-10-20(11-8-18)41-15-24(33)34/h7-14,27H,5-6,15-16H2,1-4H3,(H,33,34)/b23-13-/t27-/m0/s1. The van der Waals surface area contributed by atoms with E-state index >= 15 is 0 Å². The molecule has 226 valence electrons. The number of nitrogens with zero attached hydrogens (tertiary/aromatic N) is 2. The van der Waals surface area contributed by atoms with Crippen LogP contribution < -0.4 is 29.1 Å². The highest BCUT2D eigenvalue weighted by Crippen LogP contribution is 2.36. The van der Waals surface area contributed by atoms with Crippen LogP contribution in [0.1, 0.15) is 37.9 Å². The van der Waals surface area contributed by atoms with Crippen LogP contribution in [0.25, 0.3) is 6.08 Å². The van der Waals surface area contributed by atoms with E-state index in [1.165, 1.54) is 11.7 Å². The molecule has 1 aromatic heterocycles. The number of carboxylic acid groups (broad SMARTS) is 1. The first-order chi connectivity index (χ1) is 20.7. The molecule has 1 atom stereocenters. The fraction of sp³-hybridized carbons (Fsp3) is 0.300. The fourth-order valence-corrected chi connectivity index (χ4v) is 5.39. The van der Waals surface area contributed by atoms with Gasteiger partial charge in [-0.3, -0.25) is 9.36 Å². The number of benzene rings is 2. The minimum absolute atomic E-state index is 0.128. The highest BCUT2D eigenvalue weighted by Gasteiger charge is 2.34. The predicted octanol–water partition coefficient (Wildman–Crippen LogP) is 2.21. The van der Waals surface area contributed by atoms with Crippen molar-refractivity contribution in [2.75, 3.05) is 33.5 Å². The van der Waals surface area contributed by atoms with Crippen LogP contribution in [0.2, 0.25) is 0 Å². The van der Waals surface area contributed by atoms with Gasteiger partial charge in [0.15, 0.2) is 29.5 Å². The summed E-state index contributed by atoms with van der Waals surface area (Å²) in [7, 11) is 1.26. The molecule has 0 radical (unpaired) electrons. The molecule has 2 heterocycles. The molecule has 0 spiro atoms. The first-order valence-electron chi connectivity index (χ1n) is 13.3. The molecular weight excluding hydrogens is 580 g/mol. The summed E-state index contributed by atoms with van der Waals surface area (Å²) in [6, 6.07) is 10.7. The molecule has 1 aliphatic heterocycles. The summed E-state index contributed by atoms with van der Waals surface area (Å²) in [4.78, 5) is 54.5. The number of hydrogen-bond donors (Lipinski definition) is 1. The number of esters is 2. The summed E-state index contributed by atoms with van der Waals surface area (Å²) in [5.41, 5.74) is 1.44. The quantitative estimate of drug-likeness (QED) is 0.302. The number of carbonyl (C=O) groups excluding carboxylic acids is 2. The lowest BCUT2D eigenvalue weighted by Crippen LogP contribution is -2.40. The van der Waals surface area contributed by atoms with Crippen molar-refractivity contribution in [2.24, 2.45) is 4.99 Å². The van der Waals surface area contributed by atoms with Crippen molar-refractivity contribution in [1.82, 2.24) is 4.57 Å². The molecule has 4 rings (SSSR count). The monoisotopic (exact) mass is 610 g/mol. The van der Waals surface area contributed by atoms with Crippen LogP contribution in [0.4, 0.5) is 0 Å². The molecule has 1 N–H and O–H groups in total. The summed E-state index contributed by atoms with van der Waals surface area (Å²) in [5.74, 6) is -1.28. The van der Waals surface area contributed by atoms with E-state index in [4.69, 9.17) is 24.1 Å². The van der Waals surface area contributed by atoms with Crippen molar-refractivity contribution in [3.63, 3.8) is 0 Å². The van der Waals surface area contributed by atoms with Gasteiger partial charge in [0.05, 0.1) is 42.2 Å². The van der Waals surface area contributed by atoms with E-state index in [-0.39, 0.29) is 30.1 Å². The Kier molecular flexibility index (Phi) is 9.99. The molecule has 13 heteroatoms. The van der Waals surface area contributed by atoms with Crippen LogP contribution in [0.3, 0.4) is 0 Å². The highest BCUT2D eigenvalue weighted by atomic mass is 32.1. The number of carbonyl (C=O) groups is 3. The molecular formula is C30H30N2O10S. The third kappa shape index (κ3) is 7.12. The van der Waals surface area contributed by atoms with Gasteiger partial charge in [-0.05, 0) is 62.2 Å². The van der Waals surface area contributed by atoms with Crippen LogP contribution in [0.5, 0.6) is 17.2 Å². The summed E-state index contributed by atoms with van der Waals surface area (Å²) in [6.45, 7) is 4.79. The number of carboxylic acids is 1. The lowest BCUT2D eigenvalue weighted by atomic mass is 9.95. The molecule has 0 unspecified atom stereocenters. The van der Waals surface area contributed by atoms with Gasteiger partial charge in [0.25, 0.3) is 5.56 Å². The maximum absolute atomic E-state index is 13.9. The Hall–Kier alpha value is -4.91. The summed E-state index contributed by atoms with van der Waals surface area (Å²) in [6.07, 6.45) is 1.68. The minimum Gasteiger partial charge on any atom is -0.490 e. The van der Waals surface area contributed by atoms with Gasteiger partial charge in [-0.2, -0.15) is 0 Å². The summed E-state index contributed by atoms with van der Waals surface area (Å²) >= 11 is 1.16. The molecule has 43 heavy (non-hydrogen) atoms. The molecule has 12 nitrogen and oxygen atoms in total. The smallest absolute Gasteiger partial charge is 0.343 e. The van der Waals surface area contributed by atoms with E-state index in [1.807, 2.05) is 0 Å². The van der Waals surface area contributed by atoms with E-state index < -0.39 is 30.6 Å². The largest absolute Gasteiger partial charge is 0.490 e. The van der Waals surface area contributed by atoms with Gasteiger partial charge in [-0.1, -0.05) is 29.5 Å². The maximum atomic E-state index is 13.9. The van der Waals surface area contributed by atoms with Gasteiger partial charge in [0.1, 0.15) is 5.75 Å². The van der Waals surface area contributed by atoms with Crippen LogP contribution in [0, 0.1) is 0 Å². The van der Waals surface area contributed by atoms with E-state index in [1.54, 1.807) is 69.3 Å². The Balaban J connectivity index is 1.82. The number of thiazole rings is 1. The second kappa shape index (κ2) is 13.8. The molecule has 0 amide bonds. The number of rotatable bonds is 12. The molecule has 0 aliphatic carbocycles. The third-order valence-corrected chi connectivity index (χ3v) is 7.20. The number of fused-ring (bicyclic) bond motifs is 1. The van der Waals surface area contributed by atoms with Gasteiger partial charge in [0, 0.05) is 0 Å². The van der Waals surface area contributed by atoms with Crippen LogP contribution in [0.15, 0.2) is 63.5 Å². The number of ether oxygens (including phenoxy) is 5. The normalized spacial score (nSPS) is 14.4. The second-order valence-corrected chi connectivity index (χ2v) is 10.1. The summed E-state index contributed by atoms with van der Waals surface area (Å²) in [5, 5.41) is 8.81. The van der Waals surface area contributed by atoms with E-state index in [9.17, 15) is 19.2 Å². The van der Waals surface area contributed by atoms with Crippen LogP contribution in [-0.2, 0) is 23.9 Å². The van der Waals surface area contributed by atoms with Crippen molar-refractivity contribution < 1.29 is 43.2 Å². The van der Waals surface area contributed by atoms with Gasteiger partial charge >= 0.3 is 17.9 Å². The average molecular weight is 611 g/mol. The highest BCUT2D eigenvalue weighted by molar-refractivity contribution is 7.07. The second-order valence-electron chi connectivity index (χ2n) is 9.06. The number of methoxy groups -OCH3 is 1. The molecule has 0 fully saturated rings. The zero-order valence-corrected chi connectivity index (χ0v) is 24.8. The van der Waals surface area contributed by atoms with Crippen molar-refractivity contribution in [3.05, 3.63) is 84.5 Å². The lowest BCUT2D eigenvalue weighted by Gasteiger charge is -2.25. The number of aliphatic carboxylic acids is 1. The topological polar surface area (TPSA) is 152 Å². The Morgan fingerprint density at radius 2 is 1.74 bits per heavy atom. The first-order valence-corrected chi connectivity index (χ1v) is 14.1. The van der Waals surface area contributed by atoms with E-state index in [0.29, 0.717) is 44.3 Å². The number of allylic oxidation sites excluding steroid dienone is 1. The van der Waals surface area contributed by atoms with Gasteiger partial charge < -0.3 is 28.8 Å².